The maximum atomic E-state index is 14.2. The molecule has 196 valence electrons. The Balaban J connectivity index is 1.81. The molecule has 1 heterocycles. The minimum Gasteiger partial charge on any atom is -0.478 e. The van der Waals surface area contributed by atoms with Crippen molar-refractivity contribution in [3.05, 3.63) is 64.7 Å². The second-order valence-corrected chi connectivity index (χ2v) is 8.86. The van der Waals surface area contributed by atoms with Crippen LogP contribution in [0.25, 0.3) is 11.1 Å². The number of hydrogen-bond acceptors (Lipinski definition) is 9. The highest BCUT2D eigenvalue weighted by Gasteiger charge is 2.30. The standard InChI is InChI=1S/C23H25ClFN7O5/c1-12(2)19(26)23(36)37-18(22(34)35)11-32(29-21(33)20-27-30-31-28-20)10-13-3-5-14(6-4-13)16-9-15(24)7-8-17(16)25/h3-9,12,18-19H,10-11,26H2,1-2H3,(H,29,33)(H,34,35)(H,27,28,30,31)/t18-,19+/m1/s1. The van der Waals surface area contributed by atoms with Gasteiger partial charge in [0.2, 0.25) is 11.9 Å². The number of nitrogens with zero attached hydrogens (tertiary/aromatic N) is 4. The van der Waals surface area contributed by atoms with Gasteiger partial charge in [-0.15, -0.1) is 5.10 Å². The summed E-state index contributed by atoms with van der Waals surface area (Å²) in [6, 6.07) is 9.82. The molecule has 0 aliphatic carbocycles. The van der Waals surface area contributed by atoms with Gasteiger partial charge >= 0.3 is 17.8 Å². The van der Waals surface area contributed by atoms with Gasteiger partial charge in [-0.3, -0.25) is 15.0 Å². The van der Waals surface area contributed by atoms with Crippen molar-refractivity contribution < 1.29 is 28.6 Å². The smallest absolute Gasteiger partial charge is 0.346 e. The summed E-state index contributed by atoms with van der Waals surface area (Å²) in [6.07, 6.45) is -1.65. The van der Waals surface area contributed by atoms with Crippen LogP contribution in [0.3, 0.4) is 0 Å². The largest absolute Gasteiger partial charge is 0.478 e. The number of carbonyl (C=O) groups is 3. The molecule has 0 unspecified atom stereocenters. The van der Waals surface area contributed by atoms with Gasteiger partial charge in [0, 0.05) is 17.1 Å². The predicted molar refractivity (Wildman–Crippen MR) is 129 cm³/mol. The number of ether oxygens (including phenoxy) is 1. The van der Waals surface area contributed by atoms with Gasteiger partial charge in [-0.2, -0.15) is 0 Å². The number of carboxylic acids is 1. The first-order chi connectivity index (χ1) is 17.5. The number of carbonyl (C=O) groups excluding carboxylic acids is 2. The third-order valence-electron chi connectivity index (χ3n) is 5.30. The average Bonchev–Trinajstić information content (AvgIpc) is 3.40. The van der Waals surface area contributed by atoms with Crippen molar-refractivity contribution in [3.8, 4) is 11.1 Å². The second kappa shape index (κ2) is 12.3. The summed E-state index contributed by atoms with van der Waals surface area (Å²) in [5, 5.41) is 23.7. The van der Waals surface area contributed by atoms with E-state index in [1.807, 2.05) is 0 Å². The van der Waals surface area contributed by atoms with Gasteiger partial charge in [0.25, 0.3) is 0 Å². The third kappa shape index (κ3) is 7.52. The van der Waals surface area contributed by atoms with Crippen LogP contribution in [0.2, 0.25) is 5.02 Å². The number of rotatable bonds is 11. The summed E-state index contributed by atoms with van der Waals surface area (Å²) in [5.41, 5.74) is 9.77. The van der Waals surface area contributed by atoms with Crippen LogP contribution >= 0.6 is 11.6 Å². The number of benzene rings is 2. The molecular weight excluding hydrogens is 509 g/mol. The zero-order valence-corrected chi connectivity index (χ0v) is 20.6. The van der Waals surface area contributed by atoms with E-state index in [4.69, 9.17) is 22.1 Å². The van der Waals surface area contributed by atoms with E-state index in [0.717, 1.165) is 0 Å². The average molecular weight is 534 g/mol. The third-order valence-corrected chi connectivity index (χ3v) is 5.53. The van der Waals surface area contributed by atoms with E-state index in [1.54, 1.807) is 38.1 Å². The number of esters is 1. The summed E-state index contributed by atoms with van der Waals surface area (Å²) >= 11 is 5.98. The Morgan fingerprint density at radius 1 is 1.22 bits per heavy atom. The van der Waals surface area contributed by atoms with E-state index < -0.39 is 42.4 Å². The fourth-order valence-corrected chi connectivity index (χ4v) is 3.36. The topological polar surface area (TPSA) is 176 Å². The van der Waals surface area contributed by atoms with Gasteiger partial charge < -0.3 is 15.6 Å². The van der Waals surface area contributed by atoms with Gasteiger partial charge in [-0.1, -0.05) is 49.7 Å². The van der Waals surface area contributed by atoms with E-state index in [1.165, 1.54) is 23.2 Å². The molecule has 1 aromatic heterocycles. The van der Waals surface area contributed by atoms with Crippen molar-refractivity contribution in [1.29, 1.82) is 0 Å². The lowest BCUT2D eigenvalue weighted by atomic mass is 10.0. The normalized spacial score (nSPS) is 12.8. The van der Waals surface area contributed by atoms with Crippen molar-refractivity contribution in [2.45, 2.75) is 32.5 Å². The summed E-state index contributed by atoms with van der Waals surface area (Å²) in [5.74, 6) is -4.02. The quantitative estimate of drug-likeness (QED) is 0.210. The Kier molecular flexibility index (Phi) is 9.22. The van der Waals surface area contributed by atoms with Crippen molar-refractivity contribution >= 4 is 29.4 Å². The van der Waals surface area contributed by atoms with E-state index >= 15 is 0 Å². The number of aliphatic carboxylic acids is 1. The number of H-pyrrole nitrogens is 1. The number of hydrogen-bond donors (Lipinski definition) is 4. The van der Waals surface area contributed by atoms with Crippen LogP contribution in [0.5, 0.6) is 0 Å². The molecular formula is C23H25ClFN7O5. The molecule has 14 heteroatoms. The molecule has 2 aromatic carbocycles. The van der Waals surface area contributed by atoms with E-state index in [9.17, 15) is 23.9 Å². The van der Waals surface area contributed by atoms with Crippen LogP contribution in [0.1, 0.15) is 30.0 Å². The van der Waals surface area contributed by atoms with Crippen LogP contribution < -0.4 is 11.2 Å². The molecule has 0 saturated carbocycles. The number of hydrazine groups is 1. The van der Waals surface area contributed by atoms with Crippen LogP contribution in [-0.2, 0) is 20.9 Å². The Hall–Kier alpha value is -3.94. The molecule has 0 saturated heterocycles. The first-order valence-corrected chi connectivity index (χ1v) is 11.5. The Bertz CT molecular complexity index is 1240. The first kappa shape index (κ1) is 27.6. The predicted octanol–water partition coefficient (Wildman–Crippen LogP) is 1.79. The molecule has 3 aromatic rings. The highest BCUT2D eigenvalue weighted by atomic mass is 35.5. The molecule has 37 heavy (non-hydrogen) atoms. The van der Waals surface area contributed by atoms with Gasteiger partial charge in [0.15, 0.2) is 0 Å². The second-order valence-electron chi connectivity index (χ2n) is 8.43. The fraction of sp³-hybridized carbons (Fsp3) is 0.304. The highest BCUT2D eigenvalue weighted by molar-refractivity contribution is 6.30. The number of nitrogens with two attached hydrogens (primary N) is 1. The lowest BCUT2D eigenvalue weighted by Crippen LogP contribution is -2.50. The molecule has 0 bridgehead atoms. The Labute approximate surface area is 215 Å². The Morgan fingerprint density at radius 2 is 1.92 bits per heavy atom. The monoisotopic (exact) mass is 533 g/mol. The van der Waals surface area contributed by atoms with E-state index in [-0.39, 0.29) is 18.3 Å². The van der Waals surface area contributed by atoms with Gasteiger partial charge in [-0.25, -0.2) is 19.3 Å². The summed E-state index contributed by atoms with van der Waals surface area (Å²) < 4.78 is 19.4. The molecule has 12 nitrogen and oxygen atoms in total. The number of carboxylic acid groups (broad SMARTS) is 1. The van der Waals surface area contributed by atoms with Crippen molar-refractivity contribution in [1.82, 2.24) is 31.1 Å². The molecule has 2 atom stereocenters. The van der Waals surface area contributed by atoms with E-state index in [2.05, 4.69) is 26.0 Å². The molecule has 5 N–H and O–H groups in total. The maximum absolute atomic E-state index is 14.2. The van der Waals surface area contributed by atoms with E-state index in [0.29, 0.717) is 21.7 Å². The van der Waals surface area contributed by atoms with Crippen LogP contribution in [0, 0.1) is 11.7 Å². The Morgan fingerprint density at radius 3 is 2.51 bits per heavy atom. The van der Waals surface area contributed by atoms with Gasteiger partial charge in [-0.05, 0) is 45.7 Å². The lowest BCUT2D eigenvalue weighted by molar-refractivity contribution is -0.167. The molecule has 0 aliphatic rings. The number of nitrogens with one attached hydrogen (secondary N) is 2. The first-order valence-electron chi connectivity index (χ1n) is 11.1. The lowest BCUT2D eigenvalue weighted by Gasteiger charge is -2.26. The number of tetrazole rings is 1. The van der Waals surface area contributed by atoms with Gasteiger partial charge in [0.05, 0.1) is 6.54 Å². The minimum atomic E-state index is -1.65. The molecule has 0 aliphatic heterocycles. The van der Waals surface area contributed by atoms with Crippen molar-refractivity contribution in [2.24, 2.45) is 11.7 Å². The highest BCUT2D eigenvalue weighted by Crippen LogP contribution is 2.26. The SMILES string of the molecule is CC(C)[C@H](N)C(=O)O[C@H](CN(Cc1ccc(-c2cc(Cl)ccc2F)cc1)NC(=O)c1nnn[nH]1)C(=O)O. The molecule has 1 amide bonds. The summed E-state index contributed by atoms with van der Waals surface area (Å²) in [7, 11) is 0. The van der Waals surface area contributed by atoms with Crippen LogP contribution in [0.15, 0.2) is 42.5 Å². The zero-order chi connectivity index (χ0) is 27.1. The molecule has 3 rings (SSSR count). The molecule has 0 spiro atoms. The summed E-state index contributed by atoms with van der Waals surface area (Å²) in [4.78, 5) is 36.7. The zero-order valence-electron chi connectivity index (χ0n) is 19.9. The van der Waals surface area contributed by atoms with Gasteiger partial charge in [0.1, 0.15) is 11.9 Å². The number of aromatic amines is 1. The number of halogens is 2. The maximum Gasteiger partial charge on any atom is 0.346 e. The minimum absolute atomic E-state index is 0.0107. The van der Waals surface area contributed by atoms with Crippen LogP contribution in [-0.4, -0.2) is 67.3 Å². The van der Waals surface area contributed by atoms with Crippen LogP contribution in [0.4, 0.5) is 4.39 Å². The number of amides is 1. The molecule has 0 fully saturated rings. The molecule has 0 radical (unpaired) electrons. The fourth-order valence-electron chi connectivity index (χ4n) is 3.19. The number of aromatic nitrogens is 4. The summed E-state index contributed by atoms with van der Waals surface area (Å²) in [6.45, 7) is 2.95. The van der Waals surface area contributed by atoms with Crippen molar-refractivity contribution in [2.75, 3.05) is 6.54 Å². The van der Waals surface area contributed by atoms with Crippen molar-refractivity contribution in [3.63, 3.8) is 0 Å².